The van der Waals surface area contributed by atoms with Gasteiger partial charge < -0.3 is 5.11 Å². The summed E-state index contributed by atoms with van der Waals surface area (Å²) in [6.45, 7) is 2.40. The molecule has 0 bridgehead atoms. The van der Waals surface area contributed by atoms with E-state index in [0.717, 1.165) is 22.2 Å². The quantitative estimate of drug-likeness (QED) is 0.761. The van der Waals surface area contributed by atoms with Crippen molar-refractivity contribution in [2.75, 3.05) is 0 Å². The summed E-state index contributed by atoms with van der Waals surface area (Å²) in [6.07, 6.45) is 0. The minimum atomic E-state index is 0.212. The number of rotatable bonds is 2. The lowest BCUT2D eigenvalue weighted by molar-refractivity contribution is 0.475. The number of fused-ring (bicyclic) bond motifs is 1. The van der Waals surface area contributed by atoms with Crippen LogP contribution in [0.1, 0.15) is 11.3 Å². The minimum Gasteiger partial charge on any atom is -0.508 e. The highest BCUT2D eigenvalue weighted by Crippen LogP contribution is 2.28. The lowest BCUT2D eigenvalue weighted by Crippen LogP contribution is -2.03. The number of halogens is 2. The van der Waals surface area contributed by atoms with Crippen LogP contribution in [0.4, 0.5) is 0 Å². The van der Waals surface area contributed by atoms with Gasteiger partial charge in [-0.25, -0.2) is 0 Å². The Morgan fingerprint density at radius 2 is 1.85 bits per heavy atom. The molecule has 0 fully saturated rings. The van der Waals surface area contributed by atoms with Crippen LogP contribution < -0.4 is 0 Å². The third kappa shape index (κ3) is 2.23. The predicted octanol–water partition coefficient (Wildman–Crippen LogP) is 4.41. The average Bonchev–Trinajstić information content (AvgIpc) is 2.70. The highest BCUT2D eigenvalue weighted by Gasteiger charge is 2.12. The first-order valence-corrected chi connectivity index (χ1v) is 6.91. The third-order valence-corrected chi connectivity index (χ3v) is 4.00. The Bertz CT molecular complexity index is 776. The summed E-state index contributed by atoms with van der Waals surface area (Å²) in [6, 6.07) is 10.6. The number of nitrogens with zero attached hydrogens (tertiary/aromatic N) is 2. The van der Waals surface area contributed by atoms with Gasteiger partial charge in [-0.1, -0.05) is 29.3 Å². The van der Waals surface area contributed by atoms with Crippen molar-refractivity contribution in [2.24, 2.45) is 0 Å². The van der Waals surface area contributed by atoms with E-state index in [4.69, 9.17) is 23.2 Å². The zero-order chi connectivity index (χ0) is 14.3. The molecule has 3 aromatic rings. The van der Waals surface area contributed by atoms with Crippen molar-refractivity contribution in [3.05, 3.63) is 57.7 Å². The second kappa shape index (κ2) is 5.00. The van der Waals surface area contributed by atoms with Crippen LogP contribution in [-0.2, 0) is 6.54 Å². The normalized spacial score (nSPS) is 11.2. The maximum Gasteiger partial charge on any atom is 0.117 e. The maximum absolute atomic E-state index is 9.65. The summed E-state index contributed by atoms with van der Waals surface area (Å²) in [5.41, 5.74) is 2.59. The number of hydrogen-bond donors (Lipinski definition) is 1. The number of benzene rings is 2. The first kappa shape index (κ1) is 13.3. The molecular weight excluding hydrogens is 295 g/mol. The van der Waals surface area contributed by atoms with Crippen LogP contribution in [0.2, 0.25) is 10.0 Å². The van der Waals surface area contributed by atoms with Crippen LogP contribution >= 0.6 is 23.2 Å². The molecule has 0 saturated carbocycles. The smallest absolute Gasteiger partial charge is 0.117 e. The van der Waals surface area contributed by atoms with Crippen LogP contribution in [0.15, 0.2) is 36.4 Å². The predicted molar refractivity (Wildman–Crippen MR) is 81.7 cm³/mol. The van der Waals surface area contributed by atoms with Gasteiger partial charge in [0, 0.05) is 27.1 Å². The first-order valence-electron chi connectivity index (χ1n) is 6.15. The van der Waals surface area contributed by atoms with Crippen molar-refractivity contribution in [1.82, 2.24) is 9.78 Å². The zero-order valence-corrected chi connectivity index (χ0v) is 12.3. The van der Waals surface area contributed by atoms with E-state index in [-0.39, 0.29) is 5.75 Å². The molecule has 1 aromatic heterocycles. The van der Waals surface area contributed by atoms with Gasteiger partial charge in [0.15, 0.2) is 0 Å². The molecule has 5 heteroatoms. The molecule has 1 N–H and O–H groups in total. The van der Waals surface area contributed by atoms with Gasteiger partial charge in [0.2, 0.25) is 0 Å². The van der Waals surface area contributed by atoms with Crippen LogP contribution in [-0.4, -0.2) is 14.9 Å². The molecule has 0 aliphatic carbocycles. The lowest BCUT2D eigenvalue weighted by atomic mass is 10.2. The summed E-state index contributed by atoms with van der Waals surface area (Å²) >= 11 is 12.4. The molecule has 0 amide bonds. The fourth-order valence-electron chi connectivity index (χ4n) is 2.28. The van der Waals surface area contributed by atoms with Crippen LogP contribution in [0, 0.1) is 6.92 Å². The third-order valence-electron chi connectivity index (χ3n) is 3.29. The van der Waals surface area contributed by atoms with Gasteiger partial charge in [-0.3, -0.25) is 4.68 Å². The Morgan fingerprint density at radius 3 is 2.55 bits per heavy atom. The molecule has 0 saturated heterocycles. The molecule has 20 heavy (non-hydrogen) atoms. The summed E-state index contributed by atoms with van der Waals surface area (Å²) < 4.78 is 1.80. The SMILES string of the molecule is Cc1nn(Cc2c(Cl)cccc2Cl)c2cc(O)ccc12. The van der Waals surface area contributed by atoms with Crippen molar-refractivity contribution < 1.29 is 5.11 Å². The van der Waals surface area contributed by atoms with E-state index in [1.54, 1.807) is 28.9 Å². The average molecular weight is 307 g/mol. The second-order valence-corrected chi connectivity index (χ2v) is 5.46. The summed E-state index contributed by atoms with van der Waals surface area (Å²) in [4.78, 5) is 0. The lowest BCUT2D eigenvalue weighted by Gasteiger charge is -2.08. The maximum atomic E-state index is 9.65. The number of hydrogen-bond acceptors (Lipinski definition) is 2. The Morgan fingerprint density at radius 1 is 1.15 bits per heavy atom. The van der Waals surface area contributed by atoms with Gasteiger partial charge in [0.25, 0.3) is 0 Å². The summed E-state index contributed by atoms with van der Waals surface area (Å²) in [7, 11) is 0. The van der Waals surface area contributed by atoms with Crippen LogP contribution in [0.5, 0.6) is 5.75 Å². The van der Waals surface area contributed by atoms with E-state index in [0.29, 0.717) is 16.6 Å². The molecule has 1 heterocycles. The molecule has 0 radical (unpaired) electrons. The van der Waals surface area contributed by atoms with Gasteiger partial charge in [0.05, 0.1) is 17.8 Å². The molecule has 0 aliphatic rings. The molecule has 0 spiro atoms. The number of aromatic nitrogens is 2. The zero-order valence-electron chi connectivity index (χ0n) is 10.8. The molecule has 3 rings (SSSR count). The Labute approximate surface area is 126 Å². The first-order chi connectivity index (χ1) is 9.56. The van der Waals surface area contributed by atoms with E-state index in [1.807, 2.05) is 19.1 Å². The largest absolute Gasteiger partial charge is 0.508 e. The van der Waals surface area contributed by atoms with Gasteiger partial charge >= 0.3 is 0 Å². The molecule has 0 atom stereocenters. The fourth-order valence-corrected chi connectivity index (χ4v) is 2.80. The van der Waals surface area contributed by atoms with Gasteiger partial charge in [-0.2, -0.15) is 5.10 Å². The van der Waals surface area contributed by atoms with Crippen molar-refractivity contribution in [3.63, 3.8) is 0 Å². The molecule has 3 nitrogen and oxygen atoms in total. The summed E-state index contributed by atoms with van der Waals surface area (Å²) in [5.74, 6) is 0.212. The molecular formula is C15H12Cl2N2O. The number of phenols is 1. The van der Waals surface area contributed by atoms with Crippen molar-refractivity contribution in [3.8, 4) is 5.75 Å². The Hall–Kier alpha value is -1.71. The van der Waals surface area contributed by atoms with Crippen molar-refractivity contribution in [2.45, 2.75) is 13.5 Å². The highest BCUT2D eigenvalue weighted by molar-refractivity contribution is 6.36. The second-order valence-electron chi connectivity index (χ2n) is 4.64. The van der Waals surface area contributed by atoms with Crippen LogP contribution in [0.3, 0.4) is 0 Å². The fraction of sp³-hybridized carbons (Fsp3) is 0.133. The van der Waals surface area contributed by atoms with E-state index < -0.39 is 0 Å². The standard InChI is InChI=1S/C15H12Cl2N2O/c1-9-11-6-5-10(20)7-15(11)19(18-9)8-12-13(16)3-2-4-14(12)17/h2-7,20H,8H2,1H3. The molecule has 102 valence electrons. The van der Waals surface area contributed by atoms with E-state index in [1.165, 1.54) is 0 Å². The van der Waals surface area contributed by atoms with E-state index >= 15 is 0 Å². The topological polar surface area (TPSA) is 38.0 Å². The molecule has 2 aromatic carbocycles. The van der Waals surface area contributed by atoms with Gasteiger partial charge in [-0.15, -0.1) is 0 Å². The Kier molecular flexibility index (Phi) is 3.32. The molecule has 0 unspecified atom stereocenters. The minimum absolute atomic E-state index is 0.212. The summed E-state index contributed by atoms with van der Waals surface area (Å²) in [5, 5.41) is 16.4. The van der Waals surface area contributed by atoms with Crippen LogP contribution in [0.25, 0.3) is 10.9 Å². The number of aromatic hydroxyl groups is 1. The van der Waals surface area contributed by atoms with Gasteiger partial charge in [0.1, 0.15) is 5.75 Å². The van der Waals surface area contributed by atoms with E-state index in [9.17, 15) is 5.11 Å². The van der Waals surface area contributed by atoms with Crippen molar-refractivity contribution in [1.29, 1.82) is 0 Å². The Balaban J connectivity index is 2.14. The van der Waals surface area contributed by atoms with Gasteiger partial charge in [-0.05, 0) is 31.2 Å². The molecule has 0 aliphatic heterocycles. The van der Waals surface area contributed by atoms with E-state index in [2.05, 4.69) is 5.10 Å². The highest BCUT2D eigenvalue weighted by atomic mass is 35.5. The monoisotopic (exact) mass is 306 g/mol. The van der Waals surface area contributed by atoms with Crippen molar-refractivity contribution >= 4 is 34.1 Å². The number of aryl methyl sites for hydroxylation is 1. The number of phenolic OH excluding ortho intramolecular Hbond substituents is 1.